The largest absolute Gasteiger partial charge is 0.329 e. The fourth-order valence-electron chi connectivity index (χ4n) is 3.51. The van der Waals surface area contributed by atoms with Crippen LogP contribution in [0, 0.1) is 11.3 Å². The van der Waals surface area contributed by atoms with Crippen molar-refractivity contribution in [2.75, 3.05) is 13.1 Å². The molecule has 1 atom stereocenters. The zero-order valence-electron chi connectivity index (χ0n) is 11.2. The summed E-state index contributed by atoms with van der Waals surface area (Å²) >= 11 is 0. The van der Waals surface area contributed by atoms with Gasteiger partial charge in [-0.15, -0.1) is 0 Å². The lowest BCUT2D eigenvalue weighted by molar-refractivity contribution is 0.0488. The molecule has 1 spiro atoms. The van der Waals surface area contributed by atoms with Crippen LogP contribution in [0.15, 0.2) is 0 Å². The number of halogens is 2. The summed E-state index contributed by atoms with van der Waals surface area (Å²) in [5.74, 6) is -0.0474. The second-order valence-electron chi connectivity index (χ2n) is 6.56. The highest BCUT2D eigenvalue weighted by Gasteiger charge is 2.54. The van der Waals surface area contributed by atoms with E-state index in [1.165, 1.54) is 12.8 Å². The summed E-state index contributed by atoms with van der Waals surface area (Å²) in [5, 5.41) is 2.59. The van der Waals surface area contributed by atoms with Gasteiger partial charge in [-0.05, 0) is 31.6 Å². The molecule has 1 saturated heterocycles. The maximum absolute atomic E-state index is 13.2. The van der Waals surface area contributed by atoms with E-state index in [1.807, 2.05) is 0 Å². The molecular weight excluding hydrogens is 250 g/mol. The van der Waals surface area contributed by atoms with E-state index in [2.05, 4.69) is 5.32 Å². The Labute approximate surface area is 112 Å². The van der Waals surface area contributed by atoms with Gasteiger partial charge in [0.1, 0.15) is 0 Å². The van der Waals surface area contributed by atoms with Crippen molar-refractivity contribution in [3.05, 3.63) is 0 Å². The maximum atomic E-state index is 13.2. The van der Waals surface area contributed by atoms with Crippen molar-refractivity contribution in [2.45, 2.75) is 57.4 Å². The van der Waals surface area contributed by atoms with Crippen LogP contribution in [-0.4, -0.2) is 36.5 Å². The molecule has 108 valence electrons. The van der Waals surface area contributed by atoms with Gasteiger partial charge in [-0.1, -0.05) is 19.3 Å². The minimum Gasteiger partial charge on any atom is -0.329 e. The number of urea groups is 1. The normalized spacial score (nSPS) is 27.2. The molecule has 19 heavy (non-hydrogen) atoms. The summed E-state index contributed by atoms with van der Waals surface area (Å²) < 4.78 is 26.3. The van der Waals surface area contributed by atoms with Crippen LogP contribution in [-0.2, 0) is 0 Å². The zero-order chi connectivity index (χ0) is 13.5. The lowest BCUT2D eigenvalue weighted by Gasteiger charge is -2.41. The molecule has 1 heterocycles. The summed E-state index contributed by atoms with van der Waals surface area (Å²) in [5.41, 5.74) is 0.377. The van der Waals surface area contributed by atoms with Gasteiger partial charge in [0.15, 0.2) is 0 Å². The number of hydrogen-bond acceptors (Lipinski definition) is 1. The summed E-state index contributed by atoms with van der Waals surface area (Å²) in [4.78, 5) is 13.7. The third kappa shape index (κ3) is 2.70. The third-order valence-electron chi connectivity index (χ3n) is 5.02. The van der Waals surface area contributed by atoms with Crippen molar-refractivity contribution in [2.24, 2.45) is 11.3 Å². The van der Waals surface area contributed by atoms with Gasteiger partial charge in [-0.3, -0.25) is 0 Å². The van der Waals surface area contributed by atoms with E-state index in [4.69, 9.17) is 0 Å². The molecule has 1 unspecified atom stereocenters. The maximum Gasteiger partial charge on any atom is 0.317 e. The van der Waals surface area contributed by atoms with Crippen molar-refractivity contribution in [3.8, 4) is 0 Å². The average Bonchev–Trinajstić information content (AvgIpc) is 3.15. The van der Waals surface area contributed by atoms with Gasteiger partial charge in [0, 0.05) is 18.5 Å². The number of carbonyl (C=O) groups is 1. The second kappa shape index (κ2) is 4.91. The minimum absolute atomic E-state index is 0.0474. The first kappa shape index (κ1) is 13.1. The second-order valence-corrected chi connectivity index (χ2v) is 6.56. The van der Waals surface area contributed by atoms with E-state index in [-0.39, 0.29) is 11.9 Å². The van der Waals surface area contributed by atoms with Crippen LogP contribution in [0.5, 0.6) is 0 Å². The molecule has 3 aliphatic rings. The number of likely N-dealkylation sites (tertiary alicyclic amines) is 1. The number of amides is 2. The predicted octanol–water partition coefficient (Wildman–Crippen LogP) is 3.01. The highest BCUT2D eigenvalue weighted by molar-refractivity contribution is 5.76. The number of nitrogens with zero attached hydrogens (tertiary/aromatic N) is 1. The van der Waals surface area contributed by atoms with Crippen LogP contribution in [0.1, 0.15) is 44.9 Å². The predicted molar refractivity (Wildman–Crippen MR) is 68.1 cm³/mol. The summed E-state index contributed by atoms with van der Waals surface area (Å²) in [6.45, 7) is 1.53. The molecule has 0 radical (unpaired) electrons. The fourth-order valence-corrected chi connectivity index (χ4v) is 3.51. The third-order valence-corrected chi connectivity index (χ3v) is 5.02. The smallest absolute Gasteiger partial charge is 0.317 e. The van der Waals surface area contributed by atoms with Gasteiger partial charge in [0.2, 0.25) is 0 Å². The Morgan fingerprint density at radius 2 is 1.79 bits per heavy atom. The highest BCUT2D eigenvalue weighted by Crippen LogP contribution is 2.52. The lowest BCUT2D eigenvalue weighted by Crippen LogP contribution is -2.58. The van der Waals surface area contributed by atoms with Crippen LogP contribution in [0.4, 0.5) is 13.6 Å². The Kier molecular flexibility index (Phi) is 3.39. The van der Waals surface area contributed by atoms with E-state index in [9.17, 15) is 13.6 Å². The average molecular weight is 272 g/mol. The van der Waals surface area contributed by atoms with E-state index in [0.29, 0.717) is 5.41 Å². The first-order valence-corrected chi connectivity index (χ1v) is 7.43. The quantitative estimate of drug-likeness (QED) is 0.841. The molecule has 3 fully saturated rings. The fraction of sp³-hybridized carbons (Fsp3) is 0.929. The summed E-state index contributed by atoms with van der Waals surface area (Å²) in [6, 6.07) is -1.24. The zero-order valence-corrected chi connectivity index (χ0v) is 11.2. The van der Waals surface area contributed by atoms with Crippen molar-refractivity contribution in [1.82, 2.24) is 10.2 Å². The molecule has 0 aromatic heterocycles. The van der Waals surface area contributed by atoms with Gasteiger partial charge >= 0.3 is 6.03 Å². The Morgan fingerprint density at radius 1 is 1.16 bits per heavy atom. The SMILES string of the molecule is O=C(NC(C(F)F)C1CCCCC1)N1CC2(CC2)C1. The van der Waals surface area contributed by atoms with E-state index in [0.717, 1.165) is 45.2 Å². The standard InChI is InChI=1S/C14H22F2N2O/c15-12(16)11(10-4-2-1-3-5-10)17-13(19)18-8-14(9-18)6-7-14/h10-12H,1-9H2,(H,17,19). The lowest BCUT2D eigenvalue weighted by atomic mass is 9.84. The molecule has 0 bridgehead atoms. The first-order valence-electron chi connectivity index (χ1n) is 7.43. The monoisotopic (exact) mass is 272 g/mol. The van der Waals surface area contributed by atoms with E-state index < -0.39 is 12.5 Å². The minimum atomic E-state index is -2.46. The molecular formula is C14H22F2N2O. The molecule has 2 amide bonds. The van der Waals surface area contributed by atoms with E-state index in [1.54, 1.807) is 4.90 Å². The highest BCUT2D eigenvalue weighted by atomic mass is 19.3. The van der Waals surface area contributed by atoms with Gasteiger partial charge in [0.25, 0.3) is 6.43 Å². The molecule has 3 rings (SSSR count). The van der Waals surface area contributed by atoms with Crippen LogP contribution < -0.4 is 5.32 Å². The molecule has 1 aliphatic heterocycles. The molecule has 0 aromatic carbocycles. The number of alkyl halides is 2. The van der Waals surface area contributed by atoms with Crippen molar-refractivity contribution in [3.63, 3.8) is 0 Å². The van der Waals surface area contributed by atoms with Crippen LogP contribution >= 0.6 is 0 Å². The molecule has 2 saturated carbocycles. The van der Waals surface area contributed by atoms with Crippen molar-refractivity contribution >= 4 is 6.03 Å². The number of carbonyl (C=O) groups excluding carboxylic acids is 1. The Balaban J connectivity index is 1.53. The number of nitrogens with one attached hydrogen (secondary N) is 1. The Bertz CT molecular complexity index is 343. The van der Waals surface area contributed by atoms with Crippen molar-refractivity contribution in [1.29, 1.82) is 0 Å². The Morgan fingerprint density at radius 3 is 2.32 bits per heavy atom. The molecule has 2 aliphatic carbocycles. The van der Waals surface area contributed by atoms with Crippen LogP contribution in [0.2, 0.25) is 0 Å². The van der Waals surface area contributed by atoms with Crippen LogP contribution in [0.3, 0.4) is 0 Å². The molecule has 1 N–H and O–H groups in total. The molecule has 3 nitrogen and oxygen atoms in total. The summed E-state index contributed by atoms with van der Waals surface area (Å²) in [7, 11) is 0. The van der Waals surface area contributed by atoms with Gasteiger partial charge in [-0.25, -0.2) is 13.6 Å². The first-order chi connectivity index (χ1) is 9.10. The van der Waals surface area contributed by atoms with Gasteiger partial charge in [-0.2, -0.15) is 0 Å². The summed E-state index contributed by atoms with van der Waals surface area (Å²) in [6.07, 6.45) is 4.72. The van der Waals surface area contributed by atoms with E-state index >= 15 is 0 Å². The Hall–Kier alpha value is -0.870. The number of rotatable bonds is 3. The number of hydrogen-bond donors (Lipinski definition) is 1. The van der Waals surface area contributed by atoms with Crippen LogP contribution in [0.25, 0.3) is 0 Å². The molecule has 5 heteroatoms. The molecule has 0 aromatic rings. The topological polar surface area (TPSA) is 32.3 Å². The van der Waals surface area contributed by atoms with Gasteiger partial charge in [0.05, 0.1) is 6.04 Å². The van der Waals surface area contributed by atoms with Crippen molar-refractivity contribution < 1.29 is 13.6 Å². The van der Waals surface area contributed by atoms with Gasteiger partial charge < -0.3 is 10.2 Å².